The van der Waals surface area contributed by atoms with Gasteiger partial charge in [0.15, 0.2) is 4.34 Å². The van der Waals surface area contributed by atoms with E-state index >= 15 is 0 Å². The second-order valence-corrected chi connectivity index (χ2v) is 7.31. The molecule has 0 unspecified atom stereocenters. The van der Waals surface area contributed by atoms with Crippen LogP contribution in [0.25, 0.3) is 0 Å². The van der Waals surface area contributed by atoms with Crippen LogP contribution in [0, 0.1) is 12.8 Å². The fourth-order valence-electron chi connectivity index (χ4n) is 1.95. The first-order valence-electron chi connectivity index (χ1n) is 6.79. The molecule has 7 heteroatoms. The van der Waals surface area contributed by atoms with E-state index in [9.17, 15) is 4.79 Å². The van der Waals surface area contributed by atoms with E-state index in [1.807, 2.05) is 30.1 Å². The molecule has 0 aromatic carbocycles. The standard InChI is InChI=1S/C14H20N4OS2/c1-9(2)12(13-15-5-6-18(13)4)17-11(19)8-21-14-16-10(3)7-20-14/h5-7,9,12H,8H2,1-4H3,(H,17,19)/t12-/m0/s1. The molecule has 2 heterocycles. The van der Waals surface area contributed by atoms with Crippen molar-refractivity contribution in [2.45, 2.75) is 31.2 Å². The van der Waals surface area contributed by atoms with E-state index in [2.05, 4.69) is 29.1 Å². The molecular formula is C14H20N4OS2. The van der Waals surface area contributed by atoms with Crippen LogP contribution in [-0.2, 0) is 11.8 Å². The minimum atomic E-state index is -0.0730. The summed E-state index contributed by atoms with van der Waals surface area (Å²) in [4.78, 5) is 20.8. The Balaban J connectivity index is 1.94. The van der Waals surface area contributed by atoms with Crippen LogP contribution in [0.4, 0.5) is 0 Å². The average Bonchev–Trinajstić information content (AvgIpc) is 3.02. The molecule has 0 aliphatic rings. The Morgan fingerprint density at radius 2 is 2.29 bits per heavy atom. The van der Waals surface area contributed by atoms with Gasteiger partial charge in [-0.2, -0.15) is 0 Å². The highest BCUT2D eigenvalue weighted by Crippen LogP contribution is 2.23. The van der Waals surface area contributed by atoms with Gasteiger partial charge in [-0.25, -0.2) is 9.97 Å². The number of thiazole rings is 1. The van der Waals surface area contributed by atoms with Crippen LogP contribution in [0.3, 0.4) is 0 Å². The third-order valence-electron chi connectivity index (χ3n) is 3.04. The number of rotatable bonds is 6. The van der Waals surface area contributed by atoms with Gasteiger partial charge >= 0.3 is 0 Å². The largest absolute Gasteiger partial charge is 0.345 e. The number of thioether (sulfide) groups is 1. The van der Waals surface area contributed by atoms with Crippen LogP contribution < -0.4 is 5.32 Å². The van der Waals surface area contributed by atoms with Crippen molar-refractivity contribution in [1.82, 2.24) is 19.9 Å². The van der Waals surface area contributed by atoms with Gasteiger partial charge in [-0.3, -0.25) is 4.79 Å². The summed E-state index contributed by atoms with van der Waals surface area (Å²) in [6.07, 6.45) is 3.65. The van der Waals surface area contributed by atoms with Gasteiger partial charge in [0.05, 0.1) is 11.8 Å². The van der Waals surface area contributed by atoms with Gasteiger partial charge in [-0.1, -0.05) is 25.6 Å². The molecule has 0 aliphatic carbocycles. The molecule has 114 valence electrons. The van der Waals surface area contributed by atoms with Crippen LogP contribution in [0.2, 0.25) is 0 Å². The van der Waals surface area contributed by atoms with Crippen molar-refractivity contribution in [2.75, 3.05) is 5.75 Å². The Bertz CT molecular complexity index is 606. The molecule has 0 bridgehead atoms. The lowest BCUT2D eigenvalue weighted by Gasteiger charge is -2.21. The Morgan fingerprint density at radius 1 is 1.52 bits per heavy atom. The van der Waals surface area contributed by atoms with Gasteiger partial charge in [0, 0.05) is 30.5 Å². The second kappa shape index (κ2) is 7.09. The van der Waals surface area contributed by atoms with Gasteiger partial charge < -0.3 is 9.88 Å². The molecule has 2 rings (SSSR count). The van der Waals surface area contributed by atoms with Gasteiger partial charge in [0.25, 0.3) is 0 Å². The van der Waals surface area contributed by atoms with Crippen molar-refractivity contribution in [3.63, 3.8) is 0 Å². The number of aryl methyl sites for hydroxylation is 2. The van der Waals surface area contributed by atoms with E-state index in [0.717, 1.165) is 15.9 Å². The molecule has 0 radical (unpaired) electrons. The molecule has 2 aromatic heterocycles. The first kappa shape index (κ1) is 16.0. The molecule has 21 heavy (non-hydrogen) atoms. The minimum absolute atomic E-state index is 0.00885. The van der Waals surface area contributed by atoms with Crippen LogP contribution in [0.15, 0.2) is 22.1 Å². The summed E-state index contributed by atoms with van der Waals surface area (Å²) >= 11 is 3.04. The van der Waals surface area contributed by atoms with E-state index < -0.39 is 0 Å². The molecule has 0 aliphatic heterocycles. The van der Waals surface area contributed by atoms with Crippen molar-refractivity contribution in [3.8, 4) is 0 Å². The fourth-order valence-corrected chi connectivity index (χ4v) is 3.61. The van der Waals surface area contributed by atoms with Crippen molar-refractivity contribution < 1.29 is 4.79 Å². The number of amides is 1. The number of hydrogen-bond acceptors (Lipinski definition) is 5. The zero-order valence-electron chi connectivity index (χ0n) is 12.7. The third-order valence-corrected chi connectivity index (χ3v) is 5.18. The van der Waals surface area contributed by atoms with E-state index in [-0.39, 0.29) is 17.9 Å². The number of nitrogens with one attached hydrogen (secondary N) is 1. The summed E-state index contributed by atoms with van der Waals surface area (Å²) in [5, 5.41) is 5.06. The lowest BCUT2D eigenvalue weighted by molar-refractivity contribution is -0.119. The van der Waals surface area contributed by atoms with Gasteiger partial charge in [0.2, 0.25) is 5.91 Å². The van der Waals surface area contributed by atoms with Crippen LogP contribution in [-0.4, -0.2) is 26.2 Å². The molecule has 1 amide bonds. The Labute approximate surface area is 133 Å². The van der Waals surface area contributed by atoms with Gasteiger partial charge in [-0.05, 0) is 12.8 Å². The van der Waals surface area contributed by atoms with Crippen molar-refractivity contribution in [1.29, 1.82) is 0 Å². The number of aromatic nitrogens is 3. The molecular weight excluding hydrogens is 304 g/mol. The fraction of sp³-hybridized carbons (Fsp3) is 0.500. The summed E-state index contributed by atoms with van der Waals surface area (Å²) in [6, 6.07) is -0.0730. The highest BCUT2D eigenvalue weighted by atomic mass is 32.2. The number of nitrogens with zero attached hydrogens (tertiary/aromatic N) is 3. The number of carbonyl (C=O) groups excluding carboxylic acids is 1. The van der Waals surface area contributed by atoms with Gasteiger partial charge in [0.1, 0.15) is 5.82 Å². The van der Waals surface area contributed by atoms with Crippen molar-refractivity contribution in [2.24, 2.45) is 13.0 Å². The third kappa shape index (κ3) is 4.31. The summed E-state index contributed by atoms with van der Waals surface area (Å²) in [5.74, 6) is 1.55. The van der Waals surface area contributed by atoms with Crippen LogP contribution >= 0.6 is 23.1 Å². The second-order valence-electron chi connectivity index (χ2n) is 5.23. The first-order chi connectivity index (χ1) is 9.97. The van der Waals surface area contributed by atoms with Crippen molar-refractivity contribution >= 4 is 29.0 Å². The summed E-state index contributed by atoms with van der Waals surface area (Å²) in [5.41, 5.74) is 0.996. The summed E-state index contributed by atoms with van der Waals surface area (Å²) < 4.78 is 2.88. The Morgan fingerprint density at radius 3 is 2.81 bits per heavy atom. The molecule has 2 aromatic rings. The van der Waals surface area contributed by atoms with E-state index in [0.29, 0.717) is 5.75 Å². The van der Waals surface area contributed by atoms with E-state index in [4.69, 9.17) is 0 Å². The molecule has 1 N–H and O–H groups in total. The molecule has 5 nitrogen and oxygen atoms in total. The zero-order chi connectivity index (χ0) is 15.4. The maximum atomic E-state index is 12.2. The molecule has 0 spiro atoms. The van der Waals surface area contributed by atoms with E-state index in [1.54, 1.807) is 17.5 Å². The predicted molar refractivity (Wildman–Crippen MR) is 86.5 cm³/mol. The topological polar surface area (TPSA) is 59.8 Å². The number of imidazole rings is 1. The first-order valence-corrected chi connectivity index (χ1v) is 8.65. The Hall–Kier alpha value is -1.34. The summed E-state index contributed by atoms with van der Waals surface area (Å²) in [7, 11) is 1.94. The SMILES string of the molecule is Cc1csc(SCC(=O)N[C@H](c2nccn2C)C(C)C)n1. The normalized spacial score (nSPS) is 12.6. The monoisotopic (exact) mass is 324 g/mol. The summed E-state index contributed by atoms with van der Waals surface area (Å²) in [6.45, 7) is 6.12. The van der Waals surface area contributed by atoms with Crippen LogP contribution in [0.5, 0.6) is 0 Å². The van der Waals surface area contributed by atoms with E-state index in [1.165, 1.54) is 11.8 Å². The maximum absolute atomic E-state index is 12.2. The minimum Gasteiger partial charge on any atom is -0.345 e. The molecule has 0 saturated carbocycles. The van der Waals surface area contributed by atoms with Crippen molar-refractivity contribution in [3.05, 3.63) is 29.3 Å². The quantitative estimate of drug-likeness (QED) is 0.830. The number of hydrogen-bond donors (Lipinski definition) is 1. The average molecular weight is 324 g/mol. The molecule has 0 fully saturated rings. The smallest absolute Gasteiger partial charge is 0.231 e. The predicted octanol–water partition coefficient (Wildman–Crippen LogP) is 2.79. The van der Waals surface area contributed by atoms with Crippen LogP contribution in [0.1, 0.15) is 31.4 Å². The maximum Gasteiger partial charge on any atom is 0.231 e. The number of carbonyl (C=O) groups is 1. The highest BCUT2D eigenvalue weighted by Gasteiger charge is 2.22. The Kier molecular flexibility index (Phi) is 5.41. The van der Waals surface area contributed by atoms with Gasteiger partial charge in [-0.15, -0.1) is 11.3 Å². The lowest BCUT2D eigenvalue weighted by atomic mass is 10.0. The zero-order valence-corrected chi connectivity index (χ0v) is 14.3. The molecule has 0 saturated heterocycles. The lowest BCUT2D eigenvalue weighted by Crippen LogP contribution is -2.34. The highest BCUT2D eigenvalue weighted by molar-refractivity contribution is 8.01. The molecule has 1 atom stereocenters.